The zero-order valence-electron chi connectivity index (χ0n) is 14.4. The molecule has 1 fully saturated rings. The van der Waals surface area contributed by atoms with Gasteiger partial charge < -0.3 is 10.2 Å². The summed E-state index contributed by atoms with van der Waals surface area (Å²) in [5.74, 6) is 1.01. The molecule has 0 bridgehead atoms. The number of rotatable bonds is 6. The van der Waals surface area contributed by atoms with E-state index in [1.165, 1.54) is 12.8 Å². The van der Waals surface area contributed by atoms with Crippen molar-refractivity contribution in [2.75, 3.05) is 18.0 Å². The third-order valence-electron chi connectivity index (χ3n) is 4.35. The maximum atomic E-state index is 12.2. The smallest absolute Gasteiger partial charge is 0.226 e. The predicted octanol–water partition coefficient (Wildman–Crippen LogP) is 3.73. The van der Waals surface area contributed by atoms with Gasteiger partial charge >= 0.3 is 0 Å². The second-order valence-corrected chi connectivity index (χ2v) is 8.10. The van der Waals surface area contributed by atoms with E-state index in [0.717, 1.165) is 40.0 Å². The number of aromatic nitrogens is 2. The first-order valence-electron chi connectivity index (χ1n) is 8.73. The van der Waals surface area contributed by atoms with Crippen molar-refractivity contribution in [1.29, 1.82) is 0 Å². The first-order valence-corrected chi connectivity index (χ1v) is 10.5. The summed E-state index contributed by atoms with van der Waals surface area (Å²) in [4.78, 5) is 24.7. The van der Waals surface area contributed by atoms with Crippen LogP contribution in [0.15, 0.2) is 41.2 Å². The van der Waals surface area contributed by atoms with Gasteiger partial charge in [0, 0.05) is 31.2 Å². The number of anilines is 1. The molecule has 5 nitrogen and oxygen atoms in total. The number of thiophene rings is 1. The van der Waals surface area contributed by atoms with Gasteiger partial charge in [-0.1, -0.05) is 12.1 Å². The van der Waals surface area contributed by atoms with Crippen molar-refractivity contribution in [2.45, 2.75) is 25.8 Å². The molecular formula is C19H20N4OS2. The fraction of sp³-hybridized carbons (Fsp3) is 0.316. The largest absolute Gasteiger partial charge is 0.357 e. The average Bonchev–Trinajstić information content (AvgIpc) is 3.41. The molecule has 3 aromatic heterocycles. The second-order valence-electron chi connectivity index (χ2n) is 6.29. The number of amides is 1. The Hall–Kier alpha value is -2.25. The van der Waals surface area contributed by atoms with Crippen molar-refractivity contribution < 1.29 is 4.79 Å². The molecule has 0 aliphatic carbocycles. The van der Waals surface area contributed by atoms with Crippen molar-refractivity contribution in [1.82, 2.24) is 15.3 Å². The summed E-state index contributed by atoms with van der Waals surface area (Å²) >= 11 is 3.24. The molecule has 0 spiro atoms. The van der Waals surface area contributed by atoms with E-state index in [2.05, 4.69) is 20.2 Å². The van der Waals surface area contributed by atoms with E-state index in [0.29, 0.717) is 13.0 Å². The standard InChI is InChI=1S/C19H20N4OS2/c24-18(10-15-13-26-19(22-15)16-4-3-9-25-16)21-12-14-5-6-17(20-11-14)23-7-1-2-8-23/h3-6,9,11,13H,1-2,7-8,10,12H2,(H,21,24). The predicted molar refractivity (Wildman–Crippen MR) is 107 cm³/mol. The normalized spacial score (nSPS) is 13.9. The minimum Gasteiger partial charge on any atom is -0.357 e. The molecular weight excluding hydrogens is 364 g/mol. The first kappa shape index (κ1) is 17.2. The van der Waals surface area contributed by atoms with Gasteiger partial charge in [0.1, 0.15) is 10.8 Å². The van der Waals surface area contributed by atoms with Gasteiger partial charge in [-0.05, 0) is 35.9 Å². The van der Waals surface area contributed by atoms with Crippen LogP contribution in [0.25, 0.3) is 9.88 Å². The Morgan fingerprint density at radius 3 is 2.81 bits per heavy atom. The minimum atomic E-state index is -0.0170. The Balaban J connectivity index is 1.28. The number of carbonyl (C=O) groups is 1. The van der Waals surface area contributed by atoms with Gasteiger partial charge in [0.25, 0.3) is 0 Å². The Morgan fingerprint density at radius 1 is 1.19 bits per heavy atom. The topological polar surface area (TPSA) is 58.1 Å². The first-order chi connectivity index (χ1) is 12.8. The number of thiazole rings is 1. The zero-order valence-corrected chi connectivity index (χ0v) is 16.0. The fourth-order valence-electron chi connectivity index (χ4n) is 2.98. The molecule has 0 radical (unpaired) electrons. The van der Waals surface area contributed by atoms with Crippen LogP contribution in [-0.4, -0.2) is 29.0 Å². The van der Waals surface area contributed by atoms with E-state index in [4.69, 9.17) is 0 Å². The third kappa shape index (κ3) is 4.11. The average molecular weight is 385 g/mol. The molecule has 134 valence electrons. The van der Waals surface area contributed by atoms with Crippen LogP contribution in [0.4, 0.5) is 5.82 Å². The maximum Gasteiger partial charge on any atom is 0.226 e. The quantitative estimate of drug-likeness (QED) is 0.704. The van der Waals surface area contributed by atoms with Gasteiger partial charge in [-0.25, -0.2) is 9.97 Å². The van der Waals surface area contributed by atoms with Crippen molar-refractivity contribution in [2.24, 2.45) is 0 Å². The summed E-state index contributed by atoms with van der Waals surface area (Å²) in [7, 11) is 0. The van der Waals surface area contributed by atoms with Crippen LogP contribution < -0.4 is 10.2 Å². The monoisotopic (exact) mass is 384 g/mol. The van der Waals surface area contributed by atoms with Gasteiger partial charge in [0.05, 0.1) is 17.0 Å². The van der Waals surface area contributed by atoms with Crippen LogP contribution in [-0.2, 0) is 17.8 Å². The van der Waals surface area contributed by atoms with E-state index < -0.39 is 0 Å². The van der Waals surface area contributed by atoms with E-state index >= 15 is 0 Å². The summed E-state index contributed by atoms with van der Waals surface area (Å²) in [6.07, 6.45) is 4.64. The van der Waals surface area contributed by atoms with E-state index in [9.17, 15) is 4.79 Å². The summed E-state index contributed by atoms with van der Waals surface area (Å²) in [5, 5.41) is 7.92. The second kappa shape index (κ2) is 7.97. The molecule has 4 rings (SSSR count). The lowest BCUT2D eigenvalue weighted by atomic mass is 10.2. The molecule has 1 saturated heterocycles. The molecule has 7 heteroatoms. The Labute approximate surface area is 160 Å². The van der Waals surface area contributed by atoms with Crippen molar-refractivity contribution in [3.8, 4) is 9.88 Å². The molecule has 1 aliphatic heterocycles. The Morgan fingerprint density at radius 2 is 2.08 bits per heavy atom. The molecule has 0 aromatic carbocycles. The number of nitrogens with zero attached hydrogens (tertiary/aromatic N) is 3. The molecule has 3 aromatic rings. The summed E-state index contributed by atoms with van der Waals surface area (Å²) < 4.78 is 0. The molecule has 26 heavy (non-hydrogen) atoms. The van der Waals surface area contributed by atoms with Crippen LogP contribution in [0.1, 0.15) is 24.1 Å². The number of hydrogen-bond acceptors (Lipinski definition) is 6. The lowest BCUT2D eigenvalue weighted by Gasteiger charge is -2.16. The number of carbonyl (C=O) groups excluding carboxylic acids is 1. The van der Waals surface area contributed by atoms with Crippen LogP contribution in [0.3, 0.4) is 0 Å². The van der Waals surface area contributed by atoms with Crippen LogP contribution in [0, 0.1) is 0 Å². The number of nitrogens with one attached hydrogen (secondary N) is 1. The van der Waals surface area contributed by atoms with Crippen molar-refractivity contribution >= 4 is 34.4 Å². The summed E-state index contributed by atoms with van der Waals surface area (Å²) in [6, 6.07) is 8.14. The van der Waals surface area contributed by atoms with Crippen LogP contribution in [0.5, 0.6) is 0 Å². The van der Waals surface area contributed by atoms with Crippen LogP contribution >= 0.6 is 22.7 Å². The molecule has 0 atom stereocenters. The fourth-order valence-corrected chi connectivity index (χ4v) is 4.62. The number of hydrogen-bond donors (Lipinski definition) is 1. The summed E-state index contributed by atoms with van der Waals surface area (Å²) in [5.41, 5.74) is 1.83. The molecule has 1 N–H and O–H groups in total. The molecule has 1 aliphatic rings. The number of pyridine rings is 1. The van der Waals surface area contributed by atoms with Crippen LogP contribution in [0.2, 0.25) is 0 Å². The minimum absolute atomic E-state index is 0.0170. The Bertz CT molecular complexity index is 852. The SMILES string of the molecule is O=C(Cc1csc(-c2cccs2)n1)NCc1ccc(N2CCCC2)nc1. The molecule has 0 saturated carbocycles. The highest BCUT2D eigenvalue weighted by Crippen LogP contribution is 2.27. The Kier molecular flexibility index (Phi) is 5.26. The van der Waals surface area contributed by atoms with E-state index in [-0.39, 0.29) is 5.91 Å². The molecule has 1 amide bonds. The van der Waals surface area contributed by atoms with Crippen molar-refractivity contribution in [3.05, 3.63) is 52.5 Å². The third-order valence-corrected chi connectivity index (χ3v) is 6.28. The molecule has 0 unspecified atom stereocenters. The van der Waals surface area contributed by atoms with E-state index in [1.54, 1.807) is 22.7 Å². The highest BCUT2D eigenvalue weighted by Gasteiger charge is 2.13. The lowest BCUT2D eigenvalue weighted by Crippen LogP contribution is -2.25. The lowest BCUT2D eigenvalue weighted by molar-refractivity contribution is -0.120. The van der Waals surface area contributed by atoms with Gasteiger partial charge in [0.2, 0.25) is 5.91 Å². The summed E-state index contributed by atoms with van der Waals surface area (Å²) in [6.45, 7) is 2.67. The molecule has 4 heterocycles. The van der Waals surface area contributed by atoms with Gasteiger partial charge in [-0.2, -0.15) is 0 Å². The van der Waals surface area contributed by atoms with E-state index in [1.807, 2.05) is 41.2 Å². The van der Waals surface area contributed by atoms with Gasteiger partial charge in [-0.15, -0.1) is 22.7 Å². The van der Waals surface area contributed by atoms with Gasteiger partial charge in [0.15, 0.2) is 0 Å². The maximum absolute atomic E-state index is 12.2. The zero-order chi connectivity index (χ0) is 17.8. The van der Waals surface area contributed by atoms with Gasteiger partial charge in [-0.3, -0.25) is 4.79 Å². The highest BCUT2D eigenvalue weighted by atomic mass is 32.1. The van der Waals surface area contributed by atoms with Crippen molar-refractivity contribution in [3.63, 3.8) is 0 Å². The highest BCUT2D eigenvalue weighted by molar-refractivity contribution is 7.20.